The second-order valence-corrected chi connectivity index (χ2v) is 6.29. The summed E-state index contributed by atoms with van der Waals surface area (Å²) >= 11 is 0. The van der Waals surface area contributed by atoms with Gasteiger partial charge in [-0.1, -0.05) is 79.2 Å². The average molecular weight is 315 g/mol. The third kappa shape index (κ3) is 6.09. The van der Waals surface area contributed by atoms with E-state index in [1.165, 1.54) is 35.1 Å². The second-order valence-electron chi connectivity index (χ2n) is 6.29. The van der Waals surface area contributed by atoms with Crippen molar-refractivity contribution in [2.24, 2.45) is 0 Å². The maximum absolute atomic E-state index is 3.28. The molecule has 0 fully saturated rings. The summed E-state index contributed by atoms with van der Waals surface area (Å²) in [5, 5.41) is 0. The van der Waals surface area contributed by atoms with Gasteiger partial charge < -0.3 is 0 Å². The predicted octanol–water partition coefficient (Wildman–Crippen LogP) is 6.20. The Balaban J connectivity index is 0.000000292. The first kappa shape index (κ1) is 18.1. The van der Waals surface area contributed by atoms with Gasteiger partial charge in [0.15, 0.2) is 0 Å². The number of benzene rings is 2. The molecule has 0 aromatic heterocycles. The van der Waals surface area contributed by atoms with Gasteiger partial charge in [0.05, 0.1) is 0 Å². The first-order valence-electron chi connectivity index (χ1n) is 8.84. The molecule has 1 radical (unpaired) electrons. The van der Waals surface area contributed by atoms with Gasteiger partial charge in [0.25, 0.3) is 0 Å². The smallest absolute Gasteiger partial charge is 0.0281 e. The van der Waals surface area contributed by atoms with Crippen LogP contribution in [0.15, 0.2) is 54.1 Å². The fraction of sp³-hybridized carbons (Fsp3) is 0.292. The van der Waals surface area contributed by atoms with Crippen molar-refractivity contribution >= 4 is 0 Å². The molecule has 0 N–H and O–H groups in total. The monoisotopic (exact) mass is 315 g/mol. The molecule has 0 saturated heterocycles. The molecule has 0 nitrogen and oxygen atoms in total. The number of aryl methyl sites for hydroxylation is 3. The van der Waals surface area contributed by atoms with Crippen LogP contribution in [0.2, 0.25) is 0 Å². The first-order chi connectivity index (χ1) is 11.6. The fourth-order valence-electron chi connectivity index (χ4n) is 2.43. The largest absolute Gasteiger partial charge is 0.0766 e. The van der Waals surface area contributed by atoms with Crippen LogP contribution in [0.4, 0.5) is 0 Å². The van der Waals surface area contributed by atoms with E-state index in [4.69, 9.17) is 0 Å². The van der Waals surface area contributed by atoms with E-state index < -0.39 is 0 Å². The molecule has 2 aromatic carbocycles. The lowest BCUT2D eigenvalue weighted by Crippen LogP contribution is -1.88. The number of hydrogen-bond acceptors (Lipinski definition) is 0. The van der Waals surface area contributed by atoms with Crippen molar-refractivity contribution in [2.45, 2.75) is 47.0 Å². The molecule has 24 heavy (non-hydrogen) atoms. The normalized spacial score (nSPS) is 11.6. The van der Waals surface area contributed by atoms with Gasteiger partial charge in [-0.25, -0.2) is 0 Å². The standard InChI is InChI=1S/C18H18.C6H9/c1-4-17-13-15(3)7-11-18(17)12-10-16-8-5-14(2)6-9-16;1-2-3-6-4-5-6/h5-9,11,13H,4H2,1-3H3;4-5H,2-3H2,1H3. The third-order valence-corrected chi connectivity index (χ3v) is 3.98. The van der Waals surface area contributed by atoms with E-state index in [-0.39, 0.29) is 0 Å². The molecule has 0 heteroatoms. The quantitative estimate of drug-likeness (QED) is 0.592. The second kappa shape index (κ2) is 9.14. The van der Waals surface area contributed by atoms with Gasteiger partial charge in [-0.2, -0.15) is 0 Å². The van der Waals surface area contributed by atoms with Gasteiger partial charge in [0.1, 0.15) is 0 Å². The zero-order valence-electron chi connectivity index (χ0n) is 15.3. The molecular formula is C24H27. The Morgan fingerprint density at radius 2 is 1.50 bits per heavy atom. The van der Waals surface area contributed by atoms with Crippen molar-refractivity contribution in [3.63, 3.8) is 0 Å². The molecule has 0 amide bonds. The SMILES string of the molecule is CCCC1=C[CH]1.CCc1cc(C)ccc1C#Cc1ccc(C)cc1. The van der Waals surface area contributed by atoms with Crippen molar-refractivity contribution in [1.29, 1.82) is 0 Å². The lowest BCUT2D eigenvalue weighted by Gasteiger charge is -2.02. The Kier molecular flexibility index (Phi) is 6.89. The molecule has 0 heterocycles. The van der Waals surface area contributed by atoms with E-state index in [9.17, 15) is 0 Å². The molecule has 1 aliphatic carbocycles. The van der Waals surface area contributed by atoms with Gasteiger partial charge in [-0.15, -0.1) is 0 Å². The van der Waals surface area contributed by atoms with Crippen molar-refractivity contribution < 1.29 is 0 Å². The molecule has 123 valence electrons. The van der Waals surface area contributed by atoms with Gasteiger partial charge in [0, 0.05) is 17.5 Å². The van der Waals surface area contributed by atoms with Crippen molar-refractivity contribution in [3.8, 4) is 11.8 Å². The summed E-state index contributed by atoms with van der Waals surface area (Å²) < 4.78 is 0. The first-order valence-corrected chi connectivity index (χ1v) is 8.84. The third-order valence-electron chi connectivity index (χ3n) is 3.98. The number of allylic oxidation sites excluding steroid dienone is 2. The summed E-state index contributed by atoms with van der Waals surface area (Å²) in [6, 6.07) is 14.8. The van der Waals surface area contributed by atoms with Gasteiger partial charge >= 0.3 is 0 Å². The maximum Gasteiger partial charge on any atom is 0.0281 e. The zero-order valence-corrected chi connectivity index (χ0v) is 15.3. The molecule has 0 atom stereocenters. The molecule has 0 aliphatic heterocycles. The van der Waals surface area contributed by atoms with Gasteiger partial charge in [0.2, 0.25) is 0 Å². The van der Waals surface area contributed by atoms with Gasteiger partial charge in [-0.05, 0) is 50.5 Å². The summed E-state index contributed by atoms with van der Waals surface area (Å²) in [5.41, 5.74) is 7.65. The summed E-state index contributed by atoms with van der Waals surface area (Å²) in [6.45, 7) is 8.58. The van der Waals surface area contributed by atoms with Crippen molar-refractivity contribution in [1.82, 2.24) is 0 Å². The number of rotatable bonds is 3. The van der Waals surface area contributed by atoms with Crippen LogP contribution in [-0.4, -0.2) is 0 Å². The number of hydrogen-bond donors (Lipinski definition) is 0. The van der Waals surface area contributed by atoms with E-state index in [0.717, 1.165) is 17.5 Å². The van der Waals surface area contributed by atoms with Crippen molar-refractivity contribution in [2.75, 3.05) is 0 Å². The van der Waals surface area contributed by atoms with Crippen LogP contribution in [0, 0.1) is 32.1 Å². The molecule has 3 rings (SSSR count). The van der Waals surface area contributed by atoms with Crippen LogP contribution < -0.4 is 0 Å². The minimum atomic E-state index is 1.03. The Bertz CT molecular complexity index is 749. The molecule has 0 unspecified atom stereocenters. The highest BCUT2D eigenvalue weighted by atomic mass is 14.1. The summed E-state index contributed by atoms with van der Waals surface area (Å²) in [4.78, 5) is 0. The Labute approximate surface area is 147 Å². The van der Waals surface area contributed by atoms with Crippen LogP contribution in [0.1, 0.15) is 54.5 Å². The van der Waals surface area contributed by atoms with E-state index in [0.29, 0.717) is 0 Å². The zero-order chi connectivity index (χ0) is 17.4. The van der Waals surface area contributed by atoms with E-state index in [1.807, 2.05) is 0 Å². The summed E-state index contributed by atoms with van der Waals surface area (Å²) in [6.07, 6.45) is 7.95. The molecule has 0 spiro atoms. The van der Waals surface area contributed by atoms with Crippen LogP contribution >= 0.6 is 0 Å². The van der Waals surface area contributed by atoms with E-state index in [1.54, 1.807) is 0 Å². The molecule has 2 aromatic rings. The Hall–Kier alpha value is -2.26. The molecule has 0 saturated carbocycles. The summed E-state index contributed by atoms with van der Waals surface area (Å²) in [7, 11) is 0. The van der Waals surface area contributed by atoms with E-state index in [2.05, 4.69) is 94.5 Å². The highest BCUT2D eigenvalue weighted by Gasteiger charge is 2.03. The fourth-order valence-corrected chi connectivity index (χ4v) is 2.43. The van der Waals surface area contributed by atoms with Crippen LogP contribution in [0.3, 0.4) is 0 Å². The van der Waals surface area contributed by atoms with Gasteiger partial charge in [-0.3, -0.25) is 0 Å². The minimum absolute atomic E-state index is 1.03. The lowest BCUT2D eigenvalue weighted by atomic mass is 10.0. The predicted molar refractivity (Wildman–Crippen MR) is 105 cm³/mol. The van der Waals surface area contributed by atoms with Crippen LogP contribution in [0.5, 0.6) is 0 Å². The molecular weight excluding hydrogens is 288 g/mol. The maximum atomic E-state index is 3.28. The van der Waals surface area contributed by atoms with E-state index >= 15 is 0 Å². The topological polar surface area (TPSA) is 0 Å². The summed E-state index contributed by atoms with van der Waals surface area (Å²) in [5.74, 6) is 6.51. The Morgan fingerprint density at radius 3 is 2.04 bits per heavy atom. The highest BCUT2D eigenvalue weighted by Crippen LogP contribution is 2.21. The average Bonchev–Trinajstić information content (AvgIpc) is 3.40. The van der Waals surface area contributed by atoms with Crippen molar-refractivity contribution in [3.05, 3.63) is 88.4 Å². The Morgan fingerprint density at radius 1 is 0.833 bits per heavy atom. The molecule has 0 bridgehead atoms. The van der Waals surface area contributed by atoms with Crippen LogP contribution in [0.25, 0.3) is 0 Å². The molecule has 1 aliphatic rings. The van der Waals surface area contributed by atoms with Crippen LogP contribution in [-0.2, 0) is 6.42 Å². The lowest BCUT2D eigenvalue weighted by molar-refractivity contribution is 0.942. The highest BCUT2D eigenvalue weighted by molar-refractivity contribution is 5.48. The minimum Gasteiger partial charge on any atom is -0.0766 e.